The Bertz CT molecular complexity index is 2160. The van der Waals surface area contributed by atoms with Crippen LogP contribution in [0.1, 0.15) is 0 Å². The topological polar surface area (TPSA) is 30.7 Å². The van der Waals surface area contributed by atoms with Gasteiger partial charge in [-0.15, -0.1) is 0 Å². The molecule has 0 saturated carbocycles. The van der Waals surface area contributed by atoms with Crippen molar-refractivity contribution < 1.29 is 0 Å². The summed E-state index contributed by atoms with van der Waals surface area (Å²) in [5.74, 6) is 0.836. The fourth-order valence-corrected chi connectivity index (χ4v) is 5.77. The van der Waals surface area contributed by atoms with Crippen LogP contribution in [0.15, 0.2) is 140 Å². The molecule has 2 aromatic heterocycles. The van der Waals surface area contributed by atoms with Crippen LogP contribution in [0.3, 0.4) is 0 Å². The Morgan fingerprint density at radius 2 is 1.08 bits per heavy atom. The lowest BCUT2D eigenvalue weighted by atomic mass is 10.0. The second kappa shape index (κ2) is 8.64. The van der Waals surface area contributed by atoms with Crippen molar-refractivity contribution >= 4 is 43.6 Å². The molecule has 182 valence electrons. The van der Waals surface area contributed by atoms with Gasteiger partial charge in [-0.3, -0.25) is 4.57 Å². The van der Waals surface area contributed by atoms with Crippen LogP contribution in [0.4, 0.5) is 0 Å². The number of rotatable bonds is 3. The number of aromatic nitrogens is 3. The van der Waals surface area contributed by atoms with Gasteiger partial charge in [-0.05, 0) is 52.2 Å². The highest BCUT2D eigenvalue weighted by atomic mass is 15.1. The van der Waals surface area contributed by atoms with Crippen molar-refractivity contribution in [1.82, 2.24) is 14.5 Å². The summed E-state index contributed by atoms with van der Waals surface area (Å²) in [6.45, 7) is 0. The number of hydrogen-bond acceptors (Lipinski definition) is 2. The molecule has 0 bridgehead atoms. The highest BCUT2D eigenvalue weighted by molar-refractivity contribution is 6.22. The van der Waals surface area contributed by atoms with Gasteiger partial charge in [0.2, 0.25) is 0 Å². The van der Waals surface area contributed by atoms with E-state index in [1.165, 1.54) is 32.7 Å². The molecule has 0 aliphatic carbocycles. The largest absolute Gasteiger partial charge is 0.292 e. The predicted octanol–water partition coefficient (Wildman–Crippen LogP) is 9.21. The molecule has 3 heteroatoms. The molecule has 0 atom stereocenters. The molecule has 8 aromatic rings. The minimum atomic E-state index is 0.836. The molecule has 0 spiro atoms. The Kier molecular flexibility index (Phi) is 4.82. The molecule has 0 aliphatic rings. The van der Waals surface area contributed by atoms with E-state index >= 15 is 0 Å². The van der Waals surface area contributed by atoms with E-state index in [4.69, 9.17) is 9.97 Å². The zero-order chi connectivity index (χ0) is 25.8. The first-order valence-corrected chi connectivity index (χ1v) is 13.2. The van der Waals surface area contributed by atoms with Crippen LogP contribution in [-0.2, 0) is 0 Å². The molecular formula is C36H23N3. The predicted molar refractivity (Wildman–Crippen MR) is 162 cm³/mol. The van der Waals surface area contributed by atoms with Crippen molar-refractivity contribution in [1.29, 1.82) is 0 Å². The smallest absolute Gasteiger partial charge is 0.165 e. The van der Waals surface area contributed by atoms with Crippen LogP contribution in [0, 0.1) is 0 Å². The molecule has 6 aromatic carbocycles. The summed E-state index contributed by atoms with van der Waals surface area (Å²) in [6, 6.07) is 48.9. The highest BCUT2D eigenvalue weighted by Gasteiger charge is 2.20. The van der Waals surface area contributed by atoms with Crippen LogP contribution in [-0.4, -0.2) is 14.5 Å². The van der Waals surface area contributed by atoms with E-state index in [-0.39, 0.29) is 0 Å². The lowest BCUT2D eigenvalue weighted by molar-refractivity contribution is 1.08. The van der Waals surface area contributed by atoms with Gasteiger partial charge in [0.25, 0.3) is 0 Å². The molecule has 0 N–H and O–H groups in total. The van der Waals surface area contributed by atoms with Gasteiger partial charge in [0.15, 0.2) is 5.82 Å². The maximum absolute atomic E-state index is 5.26. The SMILES string of the molecule is c1ccc(-c2ccc3c(c2)c2c4ccccc4ccc2n3-c2nc3ccccc3nc2-c2ccccc2)cc1. The molecule has 8 rings (SSSR count). The summed E-state index contributed by atoms with van der Waals surface area (Å²) < 4.78 is 2.30. The van der Waals surface area contributed by atoms with E-state index in [0.717, 1.165) is 39.1 Å². The molecular weight excluding hydrogens is 474 g/mol. The monoisotopic (exact) mass is 497 g/mol. The van der Waals surface area contributed by atoms with Gasteiger partial charge in [-0.1, -0.05) is 109 Å². The maximum atomic E-state index is 5.26. The average molecular weight is 498 g/mol. The lowest BCUT2D eigenvalue weighted by Crippen LogP contribution is -2.03. The number of benzene rings is 6. The number of hydrogen-bond donors (Lipinski definition) is 0. The Balaban J connectivity index is 1.54. The summed E-state index contributed by atoms with van der Waals surface area (Å²) in [5, 5.41) is 4.90. The zero-order valence-electron chi connectivity index (χ0n) is 21.1. The molecule has 0 unspecified atom stereocenters. The van der Waals surface area contributed by atoms with Crippen molar-refractivity contribution in [3.05, 3.63) is 140 Å². The second-order valence-electron chi connectivity index (χ2n) is 9.86. The van der Waals surface area contributed by atoms with Crippen LogP contribution >= 0.6 is 0 Å². The zero-order valence-corrected chi connectivity index (χ0v) is 21.1. The average Bonchev–Trinajstić information content (AvgIpc) is 3.35. The van der Waals surface area contributed by atoms with Gasteiger partial charge in [0.05, 0.1) is 22.1 Å². The third-order valence-corrected chi connectivity index (χ3v) is 7.57. The van der Waals surface area contributed by atoms with Gasteiger partial charge in [0, 0.05) is 16.3 Å². The number of fused-ring (bicyclic) bond motifs is 6. The summed E-state index contributed by atoms with van der Waals surface area (Å²) in [7, 11) is 0. The molecule has 2 heterocycles. The minimum absolute atomic E-state index is 0.836. The summed E-state index contributed by atoms with van der Waals surface area (Å²) in [6.07, 6.45) is 0. The van der Waals surface area contributed by atoms with Crippen molar-refractivity contribution in [2.75, 3.05) is 0 Å². The summed E-state index contributed by atoms with van der Waals surface area (Å²) in [5.41, 5.74) is 8.31. The van der Waals surface area contributed by atoms with E-state index in [1.807, 2.05) is 30.3 Å². The fraction of sp³-hybridized carbons (Fsp3) is 0. The third-order valence-electron chi connectivity index (χ3n) is 7.57. The van der Waals surface area contributed by atoms with Crippen molar-refractivity contribution in [3.63, 3.8) is 0 Å². The van der Waals surface area contributed by atoms with E-state index in [0.29, 0.717) is 0 Å². The number of nitrogens with zero attached hydrogens (tertiary/aromatic N) is 3. The third kappa shape index (κ3) is 3.44. The Morgan fingerprint density at radius 3 is 1.87 bits per heavy atom. The fourth-order valence-electron chi connectivity index (χ4n) is 5.77. The molecule has 0 fully saturated rings. The van der Waals surface area contributed by atoms with Gasteiger partial charge >= 0.3 is 0 Å². The van der Waals surface area contributed by atoms with Gasteiger partial charge in [-0.25, -0.2) is 9.97 Å². The molecule has 0 aliphatic heterocycles. The Labute approximate surface area is 225 Å². The van der Waals surface area contributed by atoms with Crippen LogP contribution in [0.5, 0.6) is 0 Å². The standard InChI is InChI=1S/C36H23N3/c1-3-11-24(12-4-1)27-20-21-32-29(23-27)34-28-16-8-7-13-25(28)19-22-33(34)39(32)36-35(26-14-5-2-6-15-26)37-30-17-9-10-18-31(30)38-36/h1-23H. The second-order valence-corrected chi connectivity index (χ2v) is 9.86. The first-order chi connectivity index (χ1) is 19.3. The molecule has 3 nitrogen and oxygen atoms in total. The minimum Gasteiger partial charge on any atom is -0.292 e. The first kappa shape index (κ1) is 21.8. The Hall–Kier alpha value is -5.28. The van der Waals surface area contributed by atoms with Gasteiger partial charge in [-0.2, -0.15) is 0 Å². The molecule has 0 amide bonds. The Morgan fingerprint density at radius 1 is 0.436 bits per heavy atom. The normalized spacial score (nSPS) is 11.6. The van der Waals surface area contributed by atoms with E-state index < -0.39 is 0 Å². The van der Waals surface area contributed by atoms with Crippen molar-refractivity contribution in [3.8, 4) is 28.2 Å². The lowest BCUT2D eigenvalue weighted by Gasteiger charge is -2.14. The van der Waals surface area contributed by atoms with Crippen LogP contribution in [0.25, 0.3) is 71.8 Å². The van der Waals surface area contributed by atoms with Crippen LogP contribution < -0.4 is 0 Å². The first-order valence-electron chi connectivity index (χ1n) is 13.2. The van der Waals surface area contributed by atoms with Crippen molar-refractivity contribution in [2.24, 2.45) is 0 Å². The molecule has 0 saturated heterocycles. The van der Waals surface area contributed by atoms with Gasteiger partial charge in [0.1, 0.15) is 5.69 Å². The van der Waals surface area contributed by atoms with Gasteiger partial charge < -0.3 is 0 Å². The van der Waals surface area contributed by atoms with E-state index in [9.17, 15) is 0 Å². The van der Waals surface area contributed by atoms with E-state index in [2.05, 4.69) is 114 Å². The van der Waals surface area contributed by atoms with Crippen LogP contribution in [0.2, 0.25) is 0 Å². The summed E-state index contributed by atoms with van der Waals surface area (Å²) >= 11 is 0. The molecule has 0 radical (unpaired) electrons. The quantitative estimate of drug-likeness (QED) is 0.244. The number of para-hydroxylation sites is 2. The molecule has 39 heavy (non-hydrogen) atoms. The maximum Gasteiger partial charge on any atom is 0.165 e. The highest BCUT2D eigenvalue weighted by Crippen LogP contribution is 2.40. The summed E-state index contributed by atoms with van der Waals surface area (Å²) in [4.78, 5) is 10.4. The van der Waals surface area contributed by atoms with Crippen molar-refractivity contribution in [2.45, 2.75) is 0 Å². The van der Waals surface area contributed by atoms with E-state index in [1.54, 1.807) is 0 Å².